The predicted molar refractivity (Wildman–Crippen MR) is 54.6 cm³/mol. The lowest BCUT2D eigenvalue weighted by Crippen LogP contribution is -1.98. The minimum Gasteiger partial charge on any atom is -0.288 e. The maximum absolute atomic E-state index is 11.8. The number of aryl methyl sites for hydroxylation is 1. The summed E-state index contributed by atoms with van der Waals surface area (Å²) in [6.07, 6.45) is 0. The van der Waals surface area contributed by atoms with Crippen LogP contribution in [0.2, 0.25) is 0 Å². The van der Waals surface area contributed by atoms with E-state index in [1.54, 1.807) is 5.51 Å². The number of nitrogens with zero attached hydrogens (tertiary/aromatic N) is 1. The maximum atomic E-state index is 11.8. The molecule has 0 aliphatic heterocycles. The van der Waals surface area contributed by atoms with Crippen molar-refractivity contribution in [3.63, 3.8) is 0 Å². The summed E-state index contributed by atoms with van der Waals surface area (Å²) in [5.74, 6) is 0.0845. The highest BCUT2D eigenvalue weighted by Gasteiger charge is 2.13. The Morgan fingerprint density at radius 1 is 1.54 bits per heavy atom. The average Bonchev–Trinajstić information content (AvgIpc) is 2.72. The van der Waals surface area contributed by atoms with Gasteiger partial charge in [-0.15, -0.1) is 11.3 Å². The molecule has 0 N–H and O–H groups in total. The number of carbonyl (C=O) groups excluding carboxylic acids is 1. The molecule has 2 aromatic rings. The van der Waals surface area contributed by atoms with Crippen molar-refractivity contribution >= 4 is 28.5 Å². The fraction of sp³-hybridized carbons (Fsp3) is 0.111. The Labute approximate surface area is 83.9 Å². The van der Waals surface area contributed by atoms with Crippen LogP contribution in [0.5, 0.6) is 0 Å². The standard InChI is InChI=1S/C9H7NOS2/c1-6-9(13-5-10-6)8(11)7-2-3-12-4-7/h2-5H,1H3. The largest absolute Gasteiger partial charge is 0.288 e. The number of carbonyl (C=O) groups is 1. The fourth-order valence-electron chi connectivity index (χ4n) is 1.04. The molecule has 0 bridgehead atoms. The molecule has 0 fully saturated rings. The summed E-state index contributed by atoms with van der Waals surface area (Å²) in [5.41, 5.74) is 3.29. The number of thiophene rings is 1. The Morgan fingerprint density at radius 3 is 2.92 bits per heavy atom. The van der Waals surface area contributed by atoms with Gasteiger partial charge in [-0.1, -0.05) is 0 Å². The number of hydrogen-bond donors (Lipinski definition) is 0. The summed E-state index contributed by atoms with van der Waals surface area (Å²) in [5, 5.41) is 3.77. The molecule has 66 valence electrons. The minimum absolute atomic E-state index is 0.0845. The number of thiazole rings is 1. The summed E-state index contributed by atoms with van der Waals surface area (Å²) in [6, 6.07) is 1.84. The van der Waals surface area contributed by atoms with Crippen molar-refractivity contribution in [3.8, 4) is 0 Å². The van der Waals surface area contributed by atoms with Crippen LogP contribution in [0.4, 0.5) is 0 Å². The minimum atomic E-state index is 0.0845. The third-order valence-corrected chi connectivity index (χ3v) is 3.35. The third-order valence-electron chi connectivity index (χ3n) is 1.74. The van der Waals surface area contributed by atoms with Crippen molar-refractivity contribution in [2.45, 2.75) is 6.92 Å². The van der Waals surface area contributed by atoms with Crippen LogP contribution in [0.1, 0.15) is 20.9 Å². The lowest BCUT2D eigenvalue weighted by molar-refractivity contribution is 0.104. The van der Waals surface area contributed by atoms with Crippen molar-refractivity contribution in [2.24, 2.45) is 0 Å². The summed E-state index contributed by atoms with van der Waals surface area (Å²) in [6.45, 7) is 1.86. The molecule has 0 aromatic carbocycles. The highest BCUT2D eigenvalue weighted by molar-refractivity contribution is 7.12. The summed E-state index contributed by atoms with van der Waals surface area (Å²) in [7, 11) is 0. The molecule has 0 unspecified atom stereocenters. The van der Waals surface area contributed by atoms with Crippen molar-refractivity contribution in [3.05, 3.63) is 38.5 Å². The van der Waals surface area contributed by atoms with Gasteiger partial charge < -0.3 is 0 Å². The van der Waals surface area contributed by atoms with Gasteiger partial charge in [-0.25, -0.2) is 4.98 Å². The Morgan fingerprint density at radius 2 is 2.38 bits per heavy atom. The second-order valence-electron chi connectivity index (χ2n) is 2.61. The topological polar surface area (TPSA) is 30.0 Å². The van der Waals surface area contributed by atoms with Crippen LogP contribution in [0.3, 0.4) is 0 Å². The smallest absolute Gasteiger partial charge is 0.205 e. The SMILES string of the molecule is Cc1ncsc1C(=O)c1ccsc1. The van der Waals surface area contributed by atoms with E-state index in [1.165, 1.54) is 22.7 Å². The molecule has 2 rings (SSSR count). The van der Waals surface area contributed by atoms with E-state index >= 15 is 0 Å². The van der Waals surface area contributed by atoms with Crippen LogP contribution >= 0.6 is 22.7 Å². The molecular formula is C9H7NOS2. The summed E-state index contributed by atoms with van der Waals surface area (Å²) < 4.78 is 0. The zero-order chi connectivity index (χ0) is 9.26. The molecule has 0 saturated carbocycles. The Hall–Kier alpha value is -1.000. The number of aromatic nitrogens is 1. The van der Waals surface area contributed by atoms with Crippen molar-refractivity contribution in [1.82, 2.24) is 4.98 Å². The quantitative estimate of drug-likeness (QED) is 0.712. The zero-order valence-corrected chi connectivity index (χ0v) is 8.61. The van der Waals surface area contributed by atoms with Gasteiger partial charge in [0.15, 0.2) is 0 Å². The fourth-order valence-corrected chi connectivity index (χ4v) is 2.44. The number of ketones is 1. The molecule has 2 heterocycles. The molecular weight excluding hydrogens is 202 g/mol. The molecule has 0 saturated heterocycles. The first-order chi connectivity index (χ1) is 6.29. The molecule has 0 aliphatic rings. The summed E-state index contributed by atoms with van der Waals surface area (Å²) in [4.78, 5) is 16.6. The van der Waals surface area contributed by atoms with Gasteiger partial charge in [-0.2, -0.15) is 11.3 Å². The summed E-state index contributed by atoms with van der Waals surface area (Å²) >= 11 is 2.93. The van der Waals surface area contributed by atoms with Gasteiger partial charge in [0.2, 0.25) is 5.78 Å². The van der Waals surface area contributed by atoms with Gasteiger partial charge in [-0.3, -0.25) is 4.79 Å². The molecule has 0 amide bonds. The van der Waals surface area contributed by atoms with E-state index in [0.29, 0.717) is 0 Å². The lowest BCUT2D eigenvalue weighted by Gasteiger charge is -1.93. The Bertz CT molecular complexity index is 417. The first-order valence-corrected chi connectivity index (χ1v) is 5.58. The molecule has 0 atom stereocenters. The third kappa shape index (κ3) is 1.55. The highest BCUT2D eigenvalue weighted by Crippen LogP contribution is 2.18. The van der Waals surface area contributed by atoms with E-state index in [4.69, 9.17) is 0 Å². The van der Waals surface area contributed by atoms with E-state index in [9.17, 15) is 4.79 Å². The van der Waals surface area contributed by atoms with Crippen molar-refractivity contribution in [1.29, 1.82) is 0 Å². The van der Waals surface area contributed by atoms with Crippen molar-refractivity contribution < 1.29 is 4.79 Å². The van der Waals surface area contributed by atoms with E-state index in [2.05, 4.69) is 4.98 Å². The molecule has 2 nitrogen and oxygen atoms in total. The zero-order valence-electron chi connectivity index (χ0n) is 6.98. The van der Waals surface area contributed by atoms with E-state index in [0.717, 1.165) is 16.1 Å². The van der Waals surface area contributed by atoms with Gasteiger partial charge in [0.25, 0.3) is 0 Å². The van der Waals surface area contributed by atoms with Crippen molar-refractivity contribution in [2.75, 3.05) is 0 Å². The van der Waals surface area contributed by atoms with E-state index in [-0.39, 0.29) is 5.78 Å². The number of rotatable bonds is 2. The van der Waals surface area contributed by atoms with Crippen LogP contribution in [0.15, 0.2) is 22.3 Å². The van der Waals surface area contributed by atoms with Gasteiger partial charge in [0.1, 0.15) is 0 Å². The first-order valence-electron chi connectivity index (χ1n) is 3.76. The first kappa shape index (κ1) is 8.59. The van der Waals surface area contributed by atoms with Gasteiger partial charge in [0, 0.05) is 10.9 Å². The Balaban J connectivity index is 2.39. The second kappa shape index (κ2) is 3.40. The molecule has 0 aliphatic carbocycles. The normalized spacial score (nSPS) is 10.2. The van der Waals surface area contributed by atoms with Crippen LogP contribution in [0, 0.1) is 6.92 Å². The van der Waals surface area contributed by atoms with Crippen LogP contribution < -0.4 is 0 Å². The maximum Gasteiger partial charge on any atom is 0.205 e. The monoisotopic (exact) mass is 209 g/mol. The van der Waals surface area contributed by atoms with Gasteiger partial charge in [0.05, 0.1) is 16.1 Å². The number of hydrogen-bond acceptors (Lipinski definition) is 4. The molecule has 0 spiro atoms. The van der Waals surface area contributed by atoms with Crippen LogP contribution in [-0.2, 0) is 0 Å². The highest BCUT2D eigenvalue weighted by atomic mass is 32.1. The van der Waals surface area contributed by atoms with Crippen LogP contribution in [0.25, 0.3) is 0 Å². The van der Waals surface area contributed by atoms with E-state index in [1.807, 2.05) is 23.8 Å². The van der Waals surface area contributed by atoms with Gasteiger partial charge in [-0.05, 0) is 18.4 Å². The second-order valence-corrected chi connectivity index (χ2v) is 4.24. The van der Waals surface area contributed by atoms with Crippen LogP contribution in [-0.4, -0.2) is 10.8 Å². The lowest BCUT2D eigenvalue weighted by atomic mass is 10.2. The molecule has 2 aromatic heterocycles. The average molecular weight is 209 g/mol. The Kier molecular flexibility index (Phi) is 2.24. The molecule has 4 heteroatoms. The van der Waals surface area contributed by atoms with Gasteiger partial charge >= 0.3 is 0 Å². The molecule has 13 heavy (non-hydrogen) atoms. The predicted octanol–water partition coefficient (Wildman–Crippen LogP) is 2.74. The van der Waals surface area contributed by atoms with E-state index < -0.39 is 0 Å². The molecule has 0 radical (unpaired) electrons.